The molecule has 0 unspecified atom stereocenters. The summed E-state index contributed by atoms with van der Waals surface area (Å²) in [6.07, 6.45) is 2.98. The zero-order valence-electron chi connectivity index (χ0n) is 15.4. The van der Waals surface area contributed by atoms with Crippen LogP contribution in [0.4, 0.5) is 5.82 Å². The molecule has 0 fully saturated rings. The lowest BCUT2D eigenvalue weighted by atomic mass is 10.1. The number of hydrogen-bond donors (Lipinski definition) is 1. The van der Waals surface area contributed by atoms with Gasteiger partial charge in [-0.3, -0.25) is 9.59 Å². The van der Waals surface area contributed by atoms with Crippen molar-refractivity contribution < 1.29 is 18.8 Å². The summed E-state index contributed by atoms with van der Waals surface area (Å²) in [5.74, 6) is -0.716. The van der Waals surface area contributed by atoms with E-state index >= 15 is 0 Å². The molecule has 7 nitrogen and oxygen atoms in total. The zero-order valence-corrected chi connectivity index (χ0v) is 16.1. The summed E-state index contributed by atoms with van der Waals surface area (Å²) in [5, 5.41) is 7.30. The maximum Gasteiger partial charge on any atom is 0.298 e. The number of ether oxygens (including phenoxy) is 1. The van der Waals surface area contributed by atoms with Crippen LogP contribution in [0, 0.1) is 0 Å². The Morgan fingerprint density at radius 1 is 1.17 bits per heavy atom. The van der Waals surface area contributed by atoms with Crippen LogP contribution in [-0.2, 0) is 11.3 Å². The Morgan fingerprint density at radius 3 is 2.66 bits per heavy atom. The van der Waals surface area contributed by atoms with Crippen LogP contribution in [0.5, 0.6) is 5.75 Å². The number of nitrogens with zero attached hydrogens (tertiary/aromatic N) is 2. The summed E-state index contributed by atoms with van der Waals surface area (Å²) in [5.41, 5.74) is 2.08. The number of fused-ring (bicyclic) bond motifs is 1. The third-order valence-corrected chi connectivity index (χ3v) is 4.74. The highest BCUT2D eigenvalue weighted by molar-refractivity contribution is 6.48. The van der Waals surface area contributed by atoms with Crippen molar-refractivity contribution in [3.05, 3.63) is 77.1 Å². The molecule has 2 aromatic heterocycles. The lowest BCUT2D eigenvalue weighted by Gasteiger charge is -2.06. The molecule has 0 atom stereocenters. The second-order valence-electron chi connectivity index (χ2n) is 6.35. The number of rotatable bonds is 6. The molecule has 0 saturated heterocycles. The summed E-state index contributed by atoms with van der Waals surface area (Å²) >= 11 is 5.96. The molecule has 1 amide bonds. The molecule has 0 bridgehead atoms. The number of carbonyl (C=O) groups excluding carboxylic acids is 2. The predicted molar refractivity (Wildman–Crippen MR) is 109 cm³/mol. The predicted octanol–water partition coefficient (Wildman–Crippen LogP) is 4.16. The Balaban J connectivity index is 1.73. The Morgan fingerprint density at radius 2 is 1.97 bits per heavy atom. The molecule has 1 N–H and O–H groups in total. The lowest BCUT2D eigenvalue weighted by molar-refractivity contribution is -0.112. The van der Waals surface area contributed by atoms with Crippen molar-refractivity contribution in [2.75, 3.05) is 12.4 Å². The van der Waals surface area contributed by atoms with E-state index in [0.717, 1.165) is 11.1 Å². The van der Waals surface area contributed by atoms with Gasteiger partial charge in [0.1, 0.15) is 12.0 Å². The maximum atomic E-state index is 12.9. The van der Waals surface area contributed by atoms with E-state index < -0.39 is 11.7 Å². The van der Waals surface area contributed by atoms with Gasteiger partial charge < -0.3 is 19.1 Å². The van der Waals surface area contributed by atoms with Crippen molar-refractivity contribution in [1.29, 1.82) is 0 Å². The van der Waals surface area contributed by atoms with Gasteiger partial charge in [-0.05, 0) is 35.9 Å². The van der Waals surface area contributed by atoms with Crippen LogP contribution >= 0.6 is 11.6 Å². The van der Waals surface area contributed by atoms with Crippen LogP contribution in [0.1, 0.15) is 15.9 Å². The van der Waals surface area contributed by atoms with E-state index in [9.17, 15) is 9.59 Å². The molecule has 4 rings (SSSR count). The van der Waals surface area contributed by atoms with Gasteiger partial charge in [0, 0.05) is 34.7 Å². The highest BCUT2D eigenvalue weighted by Gasteiger charge is 2.23. The van der Waals surface area contributed by atoms with Gasteiger partial charge in [0.15, 0.2) is 5.82 Å². The van der Waals surface area contributed by atoms with Crippen molar-refractivity contribution in [3.63, 3.8) is 0 Å². The second-order valence-corrected chi connectivity index (χ2v) is 6.78. The van der Waals surface area contributed by atoms with Crippen molar-refractivity contribution >= 4 is 40.0 Å². The van der Waals surface area contributed by atoms with Gasteiger partial charge >= 0.3 is 0 Å². The molecule has 0 aliphatic rings. The van der Waals surface area contributed by atoms with E-state index in [1.54, 1.807) is 19.4 Å². The SMILES string of the molecule is COc1ccc2c(c1)c(C(=O)C(=O)Nc1ccon1)cn2Cc1ccc(Cl)cc1. The molecule has 0 aliphatic carbocycles. The molecule has 0 radical (unpaired) electrons. The Bertz CT molecular complexity index is 1180. The van der Waals surface area contributed by atoms with Gasteiger partial charge in [-0.1, -0.05) is 28.9 Å². The van der Waals surface area contributed by atoms with E-state index in [2.05, 4.69) is 15.0 Å². The second kappa shape index (κ2) is 7.81. The molecule has 2 heterocycles. The third-order valence-electron chi connectivity index (χ3n) is 4.48. The Labute approximate surface area is 170 Å². The zero-order chi connectivity index (χ0) is 20.4. The molecule has 2 aromatic carbocycles. The van der Waals surface area contributed by atoms with E-state index in [0.29, 0.717) is 22.7 Å². The standard InChI is InChI=1S/C21H16ClN3O4/c1-28-15-6-7-18-16(10-15)17(20(26)21(27)23-19-8-9-29-24-19)12-25(18)11-13-2-4-14(22)5-3-13/h2-10,12H,11H2,1H3,(H,23,24,27). The van der Waals surface area contributed by atoms with Crippen LogP contribution in [-0.4, -0.2) is 28.5 Å². The fourth-order valence-electron chi connectivity index (χ4n) is 3.07. The average Bonchev–Trinajstić information content (AvgIpc) is 3.36. The monoisotopic (exact) mass is 409 g/mol. The summed E-state index contributed by atoms with van der Waals surface area (Å²) in [4.78, 5) is 25.3. The number of carbonyl (C=O) groups is 2. The molecule has 146 valence electrons. The van der Waals surface area contributed by atoms with Gasteiger partial charge in [-0.2, -0.15) is 0 Å². The van der Waals surface area contributed by atoms with Crippen molar-refractivity contribution in [2.24, 2.45) is 0 Å². The van der Waals surface area contributed by atoms with E-state index in [-0.39, 0.29) is 11.4 Å². The van der Waals surface area contributed by atoms with Crippen LogP contribution in [0.25, 0.3) is 10.9 Å². The molecular weight excluding hydrogens is 394 g/mol. The van der Waals surface area contributed by atoms with E-state index in [1.807, 2.05) is 41.0 Å². The number of benzene rings is 2. The van der Waals surface area contributed by atoms with Crippen LogP contribution in [0.15, 0.2) is 65.5 Å². The molecule has 4 aromatic rings. The first kappa shape index (κ1) is 18.8. The number of nitrogens with one attached hydrogen (secondary N) is 1. The average molecular weight is 410 g/mol. The molecule has 0 saturated carbocycles. The number of Topliss-reactive ketones (excluding diaryl/α,β-unsaturated/α-hetero) is 1. The van der Waals surface area contributed by atoms with E-state index in [4.69, 9.17) is 16.3 Å². The van der Waals surface area contributed by atoms with Gasteiger partial charge in [0.25, 0.3) is 11.7 Å². The summed E-state index contributed by atoms with van der Waals surface area (Å²) in [7, 11) is 1.55. The molecular formula is C21H16ClN3O4. The minimum atomic E-state index is -0.799. The molecule has 0 spiro atoms. The fourth-order valence-corrected chi connectivity index (χ4v) is 3.20. The summed E-state index contributed by atoms with van der Waals surface area (Å²) in [6.45, 7) is 0.512. The lowest BCUT2D eigenvalue weighted by Crippen LogP contribution is -2.22. The smallest absolute Gasteiger partial charge is 0.298 e. The fraction of sp³-hybridized carbons (Fsp3) is 0.0952. The highest BCUT2D eigenvalue weighted by Crippen LogP contribution is 2.27. The van der Waals surface area contributed by atoms with Gasteiger partial charge in [-0.25, -0.2) is 0 Å². The normalized spacial score (nSPS) is 10.8. The largest absolute Gasteiger partial charge is 0.497 e. The number of ketones is 1. The van der Waals surface area contributed by atoms with Crippen LogP contribution in [0.3, 0.4) is 0 Å². The van der Waals surface area contributed by atoms with Gasteiger partial charge in [0.2, 0.25) is 0 Å². The maximum absolute atomic E-state index is 12.9. The Hall–Kier alpha value is -3.58. The third kappa shape index (κ3) is 3.86. The minimum absolute atomic E-state index is 0.172. The first-order chi connectivity index (χ1) is 14.0. The van der Waals surface area contributed by atoms with Gasteiger partial charge in [0.05, 0.1) is 12.7 Å². The minimum Gasteiger partial charge on any atom is -0.497 e. The van der Waals surface area contributed by atoms with Crippen LogP contribution < -0.4 is 10.1 Å². The van der Waals surface area contributed by atoms with Crippen molar-refractivity contribution in [1.82, 2.24) is 9.72 Å². The van der Waals surface area contributed by atoms with Crippen molar-refractivity contribution in [3.8, 4) is 5.75 Å². The van der Waals surface area contributed by atoms with E-state index in [1.165, 1.54) is 12.3 Å². The molecule has 8 heteroatoms. The number of amides is 1. The highest BCUT2D eigenvalue weighted by atomic mass is 35.5. The number of anilines is 1. The summed E-state index contributed by atoms with van der Waals surface area (Å²) in [6, 6.07) is 14.3. The first-order valence-electron chi connectivity index (χ1n) is 8.72. The van der Waals surface area contributed by atoms with Crippen molar-refractivity contribution in [2.45, 2.75) is 6.54 Å². The number of methoxy groups -OCH3 is 1. The number of aromatic nitrogens is 2. The topological polar surface area (TPSA) is 86.4 Å². The first-order valence-corrected chi connectivity index (χ1v) is 9.10. The molecule has 0 aliphatic heterocycles. The number of hydrogen-bond acceptors (Lipinski definition) is 5. The summed E-state index contributed by atoms with van der Waals surface area (Å²) < 4.78 is 11.9. The Kier molecular flexibility index (Phi) is 5.05. The van der Waals surface area contributed by atoms with Crippen LogP contribution in [0.2, 0.25) is 5.02 Å². The quantitative estimate of drug-likeness (QED) is 0.381. The molecule has 29 heavy (non-hydrogen) atoms. The number of halogens is 1. The van der Waals surface area contributed by atoms with Gasteiger partial charge in [-0.15, -0.1) is 0 Å².